The summed E-state index contributed by atoms with van der Waals surface area (Å²) in [6, 6.07) is 0.206. The van der Waals surface area contributed by atoms with Crippen molar-refractivity contribution >= 4 is 11.6 Å². The fourth-order valence-electron chi connectivity index (χ4n) is 2.33. The van der Waals surface area contributed by atoms with E-state index >= 15 is 0 Å². The Labute approximate surface area is 94.8 Å². The Morgan fingerprint density at radius 3 is 2.88 bits per heavy atom. The van der Waals surface area contributed by atoms with Gasteiger partial charge in [-0.15, -0.1) is 0 Å². The fraction of sp³-hybridized carbons (Fsp3) is 0.636. The van der Waals surface area contributed by atoms with Gasteiger partial charge < -0.3 is 11.1 Å². The molecule has 0 aliphatic heterocycles. The van der Waals surface area contributed by atoms with Gasteiger partial charge in [-0.2, -0.15) is 5.10 Å². The van der Waals surface area contributed by atoms with E-state index < -0.39 is 0 Å². The highest BCUT2D eigenvalue weighted by atomic mass is 16.2. The summed E-state index contributed by atoms with van der Waals surface area (Å²) in [5.41, 5.74) is 6.38. The second-order valence-electron chi connectivity index (χ2n) is 4.51. The van der Waals surface area contributed by atoms with Gasteiger partial charge in [0.1, 0.15) is 5.69 Å². The SMILES string of the molecule is CC(NC(=O)c1[nH]ncc1N)C1CCCC1. The van der Waals surface area contributed by atoms with E-state index in [2.05, 4.69) is 22.4 Å². The summed E-state index contributed by atoms with van der Waals surface area (Å²) >= 11 is 0. The van der Waals surface area contributed by atoms with Crippen LogP contribution in [0, 0.1) is 5.92 Å². The number of hydrogen-bond acceptors (Lipinski definition) is 3. The number of nitrogens with two attached hydrogens (primary N) is 1. The Morgan fingerprint density at radius 2 is 2.31 bits per heavy atom. The van der Waals surface area contributed by atoms with Crippen LogP contribution in [0.2, 0.25) is 0 Å². The van der Waals surface area contributed by atoms with Crippen molar-refractivity contribution in [1.82, 2.24) is 15.5 Å². The first-order valence-electron chi connectivity index (χ1n) is 5.78. The zero-order valence-corrected chi connectivity index (χ0v) is 9.49. The zero-order chi connectivity index (χ0) is 11.5. The number of nitrogens with one attached hydrogen (secondary N) is 2. The normalized spacial score (nSPS) is 18.6. The van der Waals surface area contributed by atoms with Crippen molar-refractivity contribution in [2.45, 2.75) is 38.6 Å². The molecule has 0 aromatic carbocycles. The van der Waals surface area contributed by atoms with E-state index in [9.17, 15) is 4.79 Å². The largest absolute Gasteiger partial charge is 0.396 e. The lowest BCUT2D eigenvalue weighted by molar-refractivity contribution is 0.0923. The van der Waals surface area contributed by atoms with E-state index in [0.29, 0.717) is 17.3 Å². The standard InChI is InChI=1S/C11H18N4O/c1-7(8-4-2-3-5-8)14-11(16)10-9(12)6-13-15-10/h6-8H,2-5,12H2,1H3,(H,13,15)(H,14,16). The van der Waals surface area contributed by atoms with E-state index in [-0.39, 0.29) is 11.9 Å². The van der Waals surface area contributed by atoms with Crippen LogP contribution in [0.15, 0.2) is 6.20 Å². The van der Waals surface area contributed by atoms with Gasteiger partial charge in [0.15, 0.2) is 0 Å². The molecule has 1 unspecified atom stereocenters. The van der Waals surface area contributed by atoms with Gasteiger partial charge in [-0.3, -0.25) is 9.89 Å². The number of carbonyl (C=O) groups is 1. The van der Waals surface area contributed by atoms with Gasteiger partial charge in [0.2, 0.25) is 0 Å². The first-order chi connectivity index (χ1) is 7.68. The Balaban J connectivity index is 1.94. The maximum Gasteiger partial charge on any atom is 0.271 e. The molecule has 0 radical (unpaired) electrons. The maximum absolute atomic E-state index is 11.8. The average Bonchev–Trinajstić information content (AvgIpc) is 2.86. The molecule has 1 atom stereocenters. The molecule has 0 saturated heterocycles. The van der Waals surface area contributed by atoms with Crippen LogP contribution in [0.3, 0.4) is 0 Å². The number of H-pyrrole nitrogens is 1. The van der Waals surface area contributed by atoms with Gasteiger partial charge in [0, 0.05) is 6.04 Å². The van der Waals surface area contributed by atoms with Crippen LogP contribution in [0.1, 0.15) is 43.1 Å². The summed E-state index contributed by atoms with van der Waals surface area (Å²) in [6.07, 6.45) is 6.42. The van der Waals surface area contributed by atoms with Crippen molar-refractivity contribution < 1.29 is 4.79 Å². The highest BCUT2D eigenvalue weighted by molar-refractivity contribution is 5.97. The van der Waals surface area contributed by atoms with Crippen LogP contribution < -0.4 is 11.1 Å². The molecule has 5 nitrogen and oxygen atoms in total. The van der Waals surface area contributed by atoms with Gasteiger partial charge >= 0.3 is 0 Å². The number of carbonyl (C=O) groups excluding carboxylic acids is 1. The predicted octanol–water partition coefficient (Wildman–Crippen LogP) is 1.30. The molecule has 1 aromatic heterocycles. The lowest BCUT2D eigenvalue weighted by Crippen LogP contribution is -2.37. The van der Waals surface area contributed by atoms with Gasteiger partial charge in [0.25, 0.3) is 5.91 Å². The number of anilines is 1. The number of aromatic amines is 1. The van der Waals surface area contributed by atoms with Crippen LogP contribution >= 0.6 is 0 Å². The summed E-state index contributed by atoms with van der Waals surface area (Å²) in [5, 5.41) is 9.33. The fourth-order valence-corrected chi connectivity index (χ4v) is 2.33. The summed E-state index contributed by atoms with van der Waals surface area (Å²) in [5.74, 6) is 0.447. The van der Waals surface area contributed by atoms with Crippen LogP contribution in [0.25, 0.3) is 0 Å². The number of nitrogens with zero attached hydrogens (tertiary/aromatic N) is 1. The highest BCUT2D eigenvalue weighted by Crippen LogP contribution is 2.27. The average molecular weight is 222 g/mol. The summed E-state index contributed by atoms with van der Waals surface area (Å²) < 4.78 is 0. The lowest BCUT2D eigenvalue weighted by atomic mass is 10.00. The van der Waals surface area contributed by atoms with Crippen molar-refractivity contribution in [2.24, 2.45) is 5.92 Å². The van der Waals surface area contributed by atoms with Crippen molar-refractivity contribution in [1.29, 1.82) is 0 Å². The van der Waals surface area contributed by atoms with Gasteiger partial charge in [-0.25, -0.2) is 0 Å². The van der Waals surface area contributed by atoms with E-state index in [1.54, 1.807) is 0 Å². The molecule has 5 heteroatoms. The Bertz CT molecular complexity index is 368. The minimum atomic E-state index is -0.158. The molecule has 1 fully saturated rings. The van der Waals surface area contributed by atoms with Crippen LogP contribution in [-0.4, -0.2) is 22.1 Å². The summed E-state index contributed by atoms with van der Waals surface area (Å²) in [6.45, 7) is 2.06. The quantitative estimate of drug-likeness (QED) is 0.720. The molecule has 2 rings (SSSR count). The molecule has 88 valence electrons. The van der Waals surface area contributed by atoms with Crippen molar-refractivity contribution in [3.8, 4) is 0 Å². The lowest BCUT2D eigenvalue weighted by Gasteiger charge is -2.19. The minimum Gasteiger partial charge on any atom is -0.396 e. The first kappa shape index (κ1) is 11.0. The summed E-state index contributed by atoms with van der Waals surface area (Å²) in [7, 11) is 0. The Morgan fingerprint density at radius 1 is 1.62 bits per heavy atom. The Hall–Kier alpha value is -1.52. The number of rotatable bonds is 3. The third-order valence-corrected chi connectivity index (χ3v) is 3.36. The van der Waals surface area contributed by atoms with Crippen LogP contribution in [0.4, 0.5) is 5.69 Å². The molecule has 0 bridgehead atoms. The zero-order valence-electron chi connectivity index (χ0n) is 9.49. The number of amides is 1. The second kappa shape index (κ2) is 4.55. The van der Waals surface area contributed by atoms with Gasteiger partial charge in [0.05, 0.1) is 11.9 Å². The van der Waals surface area contributed by atoms with Crippen LogP contribution in [0.5, 0.6) is 0 Å². The van der Waals surface area contributed by atoms with Crippen molar-refractivity contribution in [2.75, 3.05) is 5.73 Å². The van der Waals surface area contributed by atoms with E-state index in [0.717, 1.165) is 0 Å². The summed E-state index contributed by atoms with van der Waals surface area (Å²) in [4.78, 5) is 11.8. The smallest absolute Gasteiger partial charge is 0.271 e. The number of nitrogen functional groups attached to an aromatic ring is 1. The monoisotopic (exact) mass is 222 g/mol. The number of aromatic nitrogens is 2. The molecular weight excluding hydrogens is 204 g/mol. The van der Waals surface area contributed by atoms with Gasteiger partial charge in [-0.1, -0.05) is 12.8 Å². The molecule has 0 spiro atoms. The molecule has 1 saturated carbocycles. The topological polar surface area (TPSA) is 83.8 Å². The molecule has 1 aliphatic rings. The highest BCUT2D eigenvalue weighted by Gasteiger charge is 2.24. The van der Waals surface area contributed by atoms with Gasteiger partial charge in [-0.05, 0) is 25.7 Å². The predicted molar refractivity (Wildman–Crippen MR) is 61.9 cm³/mol. The van der Waals surface area contributed by atoms with Crippen LogP contribution in [-0.2, 0) is 0 Å². The molecule has 1 heterocycles. The molecule has 16 heavy (non-hydrogen) atoms. The number of hydrogen-bond donors (Lipinski definition) is 3. The molecule has 1 amide bonds. The van der Waals surface area contributed by atoms with E-state index in [1.165, 1.54) is 31.9 Å². The molecule has 4 N–H and O–H groups in total. The van der Waals surface area contributed by atoms with Crippen molar-refractivity contribution in [3.05, 3.63) is 11.9 Å². The third kappa shape index (κ3) is 2.18. The second-order valence-corrected chi connectivity index (χ2v) is 4.51. The first-order valence-corrected chi connectivity index (χ1v) is 5.78. The maximum atomic E-state index is 11.8. The third-order valence-electron chi connectivity index (χ3n) is 3.36. The van der Waals surface area contributed by atoms with E-state index in [4.69, 9.17) is 5.73 Å². The minimum absolute atomic E-state index is 0.158. The van der Waals surface area contributed by atoms with Crippen molar-refractivity contribution in [3.63, 3.8) is 0 Å². The Kier molecular flexibility index (Phi) is 3.12. The molecule has 1 aliphatic carbocycles. The molecule has 1 aromatic rings. The molecular formula is C11H18N4O. The van der Waals surface area contributed by atoms with E-state index in [1.807, 2.05) is 0 Å².